The summed E-state index contributed by atoms with van der Waals surface area (Å²) in [4.78, 5) is 22.1. The Labute approximate surface area is 102 Å². The van der Waals surface area contributed by atoms with Crippen molar-refractivity contribution in [2.75, 3.05) is 26.3 Å². The highest BCUT2D eigenvalue weighted by Gasteiger charge is 2.10. The maximum absolute atomic E-state index is 11.1. The second-order valence-electron chi connectivity index (χ2n) is 3.48. The van der Waals surface area contributed by atoms with Gasteiger partial charge in [0.05, 0.1) is 13.2 Å². The lowest BCUT2D eigenvalue weighted by Gasteiger charge is -2.16. The number of nitrogens with one attached hydrogen (secondary N) is 2. The van der Waals surface area contributed by atoms with Crippen LogP contribution in [-0.2, 0) is 9.47 Å². The van der Waals surface area contributed by atoms with Crippen LogP contribution in [0.4, 0.5) is 9.59 Å². The molecule has 0 unspecified atom stereocenters. The second kappa shape index (κ2) is 9.74. The predicted octanol–water partition coefficient (Wildman–Crippen LogP) is 1.50. The van der Waals surface area contributed by atoms with Crippen LogP contribution in [0.25, 0.3) is 0 Å². The molecule has 0 bridgehead atoms. The fourth-order valence-electron chi connectivity index (χ4n) is 1.18. The molecule has 2 amide bonds. The quantitative estimate of drug-likeness (QED) is 0.713. The zero-order valence-electron chi connectivity index (χ0n) is 10.7. The molecule has 0 aromatic rings. The van der Waals surface area contributed by atoms with E-state index in [1.807, 2.05) is 6.92 Å². The van der Waals surface area contributed by atoms with Crippen molar-refractivity contribution in [1.29, 1.82) is 0 Å². The monoisotopic (exact) mass is 246 g/mol. The molecule has 6 nitrogen and oxygen atoms in total. The van der Waals surface area contributed by atoms with Crippen LogP contribution in [0, 0.1) is 5.92 Å². The molecule has 0 aromatic heterocycles. The maximum atomic E-state index is 11.1. The van der Waals surface area contributed by atoms with Crippen LogP contribution in [0.3, 0.4) is 0 Å². The fraction of sp³-hybridized carbons (Fsp3) is 0.818. The van der Waals surface area contributed by atoms with Gasteiger partial charge in [-0.1, -0.05) is 6.92 Å². The third-order valence-corrected chi connectivity index (χ3v) is 2.20. The lowest BCUT2D eigenvalue weighted by atomic mass is 10.1. The normalized spacial score (nSPS) is 9.88. The molecule has 0 radical (unpaired) electrons. The largest absolute Gasteiger partial charge is 0.450 e. The van der Waals surface area contributed by atoms with Crippen molar-refractivity contribution < 1.29 is 19.1 Å². The molecule has 0 fully saturated rings. The van der Waals surface area contributed by atoms with Crippen molar-refractivity contribution >= 4 is 12.2 Å². The standard InChI is InChI=1S/C11H22N2O4/c1-4-9(7-12-10(14)16-5-2)8-13-11(15)17-6-3/h9H,4-8H2,1-3H3,(H,12,14)(H,13,15). The van der Waals surface area contributed by atoms with Gasteiger partial charge in [-0.05, 0) is 26.2 Å². The molecule has 0 atom stereocenters. The van der Waals surface area contributed by atoms with Gasteiger partial charge in [-0.2, -0.15) is 0 Å². The molecule has 0 heterocycles. The first-order chi connectivity index (χ1) is 8.13. The minimum atomic E-state index is -0.429. The van der Waals surface area contributed by atoms with Crippen molar-refractivity contribution in [2.24, 2.45) is 5.92 Å². The van der Waals surface area contributed by atoms with Gasteiger partial charge in [0, 0.05) is 13.1 Å². The Morgan fingerprint density at radius 3 is 1.65 bits per heavy atom. The lowest BCUT2D eigenvalue weighted by Crippen LogP contribution is -2.36. The molecular weight excluding hydrogens is 224 g/mol. The number of amides is 2. The zero-order chi connectivity index (χ0) is 13.1. The Bertz CT molecular complexity index is 212. The molecule has 2 N–H and O–H groups in total. The van der Waals surface area contributed by atoms with Gasteiger partial charge in [-0.3, -0.25) is 0 Å². The molecule has 0 spiro atoms. The van der Waals surface area contributed by atoms with Crippen molar-refractivity contribution in [1.82, 2.24) is 10.6 Å². The predicted molar refractivity (Wildman–Crippen MR) is 63.8 cm³/mol. The molecule has 0 saturated heterocycles. The van der Waals surface area contributed by atoms with Crippen molar-refractivity contribution in [3.05, 3.63) is 0 Å². The molecule has 0 saturated carbocycles. The molecule has 0 aliphatic heterocycles. The summed E-state index contributed by atoms with van der Waals surface area (Å²) < 4.78 is 9.48. The van der Waals surface area contributed by atoms with E-state index in [-0.39, 0.29) is 5.92 Å². The van der Waals surface area contributed by atoms with E-state index in [9.17, 15) is 9.59 Å². The van der Waals surface area contributed by atoms with E-state index in [0.717, 1.165) is 6.42 Å². The Morgan fingerprint density at radius 2 is 1.35 bits per heavy atom. The van der Waals surface area contributed by atoms with Crippen molar-refractivity contribution in [3.8, 4) is 0 Å². The van der Waals surface area contributed by atoms with E-state index >= 15 is 0 Å². The average Bonchev–Trinajstić information content (AvgIpc) is 2.30. The van der Waals surface area contributed by atoms with E-state index in [4.69, 9.17) is 9.47 Å². The first-order valence-electron chi connectivity index (χ1n) is 5.95. The maximum Gasteiger partial charge on any atom is 0.407 e. The van der Waals surface area contributed by atoms with Gasteiger partial charge in [0.25, 0.3) is 0 Å². The first kappa shape index (κ1) is 15.5. The summed E-state index contributed by atoms with van der Waals surface area (Å²) in [5, 5.41) is 5.27. The van der Waals surface area contributed by atoms with E-state index in [1.54, 1.807) is 13.8 Å². The molecule has 6 heteroatoms. The number of ether oxygens (including phenoxy) is 2. The average molecular weight is 246 g/mol. The van der Waals surface area contributed by atoms with Gasteiger partial charge in [-0.25, -0.2) is 9.59 Å². The first-order valence-corrected chi connectivity index (χ1v) is 5.95. The van der Waals surface area contributed by atoms with Crippen molar-refractivity contribution in [2.45, 2.75) is 27.2 Å². The number of rotatable bonds is 7. The highest BCUT2D eigenvalue weighted by Crippen LogP contribution is 1.99. The summed E-state index contributed by atoms with van der Waals surface area (Å²) in [5.74, 6) is 0.170. The molecule has 0 aliphatic rings. The van der Waals surface area contributed by atoms with E-state index in [2.05, 4.69) is 10.6 Å². The summed E-state index contributed by atoms with van der Waals surface area (Å²) in [6, 6.07) is 0. The number of hydrogen-bond donors (Lipinski definition) is 2. The summed E-state index contributed by atoms with van der Waals surface area (Å²) in [7, 11) is 0. The number of alkyl carbamates (subject to hydrolysis) is 2. The molecular formula is C11H22N2O4. The van der Waals surface area contributed by atoms with Crippen LogP contribution in [0.1, 0.15) is 27.2 Å². The summed E-state index contributed by atoms with van der Waals surface area (Å²) >= 11 is 0. The van der Waals surface area contributed by atoms with E-state index in [0.29, 0.717) is 26.3 Å². The minimum absolute atomic E-state index is 0.170. The van der Waals surface area contributed by atoms with E-state index in [1.165, 1.54) is 0 Å². The van der Waals surface area contributed by atoms with Gasteiger partial charge in [-0.15, -0.1) is 0 Å². The van der Waals surface area contributed by atoms with Crippen LogP contribution in [0.2, 0.25) is 0 Å². The third-order valence-electron chi connectivity index (χ3n) is 2.20. The SMILES string of the molecule is CCOC(=O)NCC(CC)CNC(=O)OCC. The van der Waals surface area contributed by atoms with Gasteiger partial charge in [0.2, 0.25) is 0 Å². The second-order valence-corrected chi connectivity index (χ2v) is 3.48. The minimum Gasteiger partial charge on any atom is -0.450 e. The highest BCUT2D eigenvalue weighted by molar-refractivity contribution is 5.67. The zero-order valence-corrected chi connectivity index (χ0v) is 10.7. The Balaban J connectivity index is 3.76. The lowest BCUT2D eigenvalue weighted by molar-refractivity contribution is 0.147. The number of hydrogen-bond acceptors (Lipinski definition) is 4. The Hall–Kier alpha value is -1.46. The number of carbonyl (C=O) groups is 2. The van der Waals surface area contributed by atoms with E-state index < -0.39 is 12.2 Å². The van der Waals surface area contributed by atoms with Gasteiger partial charge < -0.3 is 20.1 Å². The fourth-order valence-corrected chi connectivity index (χ4v) is 1.18. The molecule has 0 aromatic carbocycles. The number of carbonyl (C=O) groups excluding carboxylic acids is 2. The molecule has 0 rings (SSSR count). The Morgan fingerprint density at radius 1 is 0.941 bits per heavy atom. The highest BCUT2D eigenvalue weighted by atomic mass is 16.6. The van der Waals surface area contributed by atoms with Crippen molar-refractivity contribution in [3.63, 3.8) is 0 Å². The summed E-state index contributed by atoms with van der Waals surface area (Å²) in [6.07, 6.45) is -0.0112. The van der Waals surface area contributed by atoms with Crippen LogP contribution >= 0.6 is 0 Å². The Kier molecular flexibility index (Phi) is 8.91. The van der Waals surface area contributed by atoms with Gasteiger partial charge >= 0.3 is 12.2 Å². The summed E-state index contributed by atoms with van der Waals surface area (Å²) in [6.45, 7) is 7.14. The van der Waals surface area contributed by atoms with Crippen LogP contribution in [0.15, 0.2) is 0 Å². The molecule has 17 heavy (non-hydrogen) atoms. The third kappa shape index (κ3) is 8.36. The van der Waals surface area contributed by atoms with Crippen LogP contribution in [-0.4, -0.2) is 38.5 Å². The van der Waals surface area contributed by atoms with Crippen LogP contribution in [0.5, 0.6) is 0 Å². The molecule has 0 aliphatic carbocycles. The van der Waals surface area contributed by atoms with Gasteiger partial charge in [0.15, 0.2) is 0 Å². The van der Waals surface area contributed by atoms with Gasteiger partial charge in [0.1, 0.15) is 0 Å². The smallest absolute Gasteiger partial charge is 0.407 e. The molecule has 100 valence electrons. The van der Waals surface area contributed by atoms with Crippen LogP contribution < -0.4 is 10.6 Å². The summed E-state index contributed by atoms with van der Waals surface area (Å²) in [5.41, 5.74) is 0. The topological polar surface area (TPSA) is 76.7 Å².